The Hall–Kier alpha value is -4.08. The van der Waals surface area contributed by atoms with Crippen molar-refractivity contribution in [2.45, 2.75) is 16.6 Å². The number of benzene rings is 3. The zero-order chi connectivity index (χ0) is 23.9. The van der Waals surface area contributed by atoms with Gasteiger partial charge >= 0.3 is 5.97 Å². The molecule has 2 unspecified atom stereocenters. The van der Waals surface area contributed by atoms with Gasteiger partial charge in [-0.2, -0.15) is 0 Å². The fourth-order valence-corrected chi connectivity index (χ4v) is 5.00. The van der Waals surface area contributed by atoms with E-state index >= 15 is 0 Å². The van der Waals surface area contributed by atoms with Gasteiger partial charge in [0.1, 0.15) is 0 Å². The Balaban J connectivity index is 1.57. The zero-order valence-corrected chi connectivity index (χ0v) is 18.8. The summed E-state index contributed by atoms with van der Waals surface area (Å²) in [5, 5.41) is 14.5. The Morgan fingerprint density at radius 1 is 1.03 bits per heavy atom. The van der Waals surface area contributed by atoms with Gasteiger partial charge in [-0.25, -0.2) is 4.98 Å². The molecule has 0 spiro atoms. The Bertz CT molecular complexity index is 1260. The molecule has 172 valence electrons. The van der Waals surface area contributed by atoms with Crippen molar-refractivity contribution in [2.75, 3.05) is 10.6 Å². The normalized spacial score (nSPS) is 12.5. The smallest absolute Gasteiger partial charge is 0.308 e. The number of hydrogen-bond donors (Lipinski definition) is 4. The maximum atomic E-state index is 13.5. The number of hydrogen-bond acceptors (Lipinski definition) is 5. The van der Waals surface area contributed by atoms with E-state index in [1.54, 1.807) is 85.2 Å². The Kier molecular flexibility index (Phi) is 7.26. The van der Waals surface area contributed by atoms with Crippen molar-refractivity contribution in [3.8, 4) is 0 Å². The first-order valence-electron chi connectivity index (χ1n) is 10.5. The van der Waals surface area contributed by atoms with Crippen molar-refractivity contribution in [1.29, 1.82) is 0 Å². The number of rotatable bonds is 9. The van der Waals surface area contributed by atoms with Crippen molar-refractivity contribution in [3.05, 3.63) is 102 Å². The molecule has 0 saturated heterocycles. The first-order chi connectivity index (χ1) is 16.5. The summed E-state index contributed by atoms with van der Waals surface area (Å²) in [6, 6.07) is 22.5. The fourth-order valence-electron chi connectivity index (χ4n) is 3.45. The van der Waals surface area contributed by atoms with E-state index in [0.717, 1.165) is 0 Å². The number of carbonyl (C=O) groups is 2. The van der Waals surface area contributed by atoms with E-state index in [4.69, 9.17) is 0 Å². The van der Waals surface area contributed by atoms with Gasteiger partial charge in [-0.15, -0.1) is 0 Å². The summed E-state index contributed by atoms with van der Waals surface area (Å²) in [6.07, 6.45) is 2.99. The molecule has 0 aliphatic heterocycles. The highest BCUT2D eigenvalue weighted by Gasteiger charge is 2.31. The van der Waals surface area contributed by atoms with Crippen LogP contribution in [0.3, 0.4) is 0 Å². The van der Waals surface area contributed by atoms with E-state index in [-0.39, 0.29) is 12.3 Å². The third-order valence-corrected chi connectivity index (χ3v) is 6.77. The van der Waals surface area contributed by atoms with Gasteiger partial charge in [0.2, 0.25) is 5.95 Å². The fraction of sp³-hybridized carbons (Fsp3) is 0.0800. The van der Waals surface area contributed by atoms with Crippen LogP contribution in [0.15, 0.2) is 96.2 Å². The number of imidazole rings is 1. The Labute approximate surface area is 199 Å². The molecule has 8 nitrogen and oxygen atoms in total. The number of anilines is 3. The second-order valence-electron chi connectivity index (χ2n) is 7.39. The van der Waals surface area contributed by atoms with Gasteiger partial charge < -0.3 is 25.3 Å². The van der Waals surface area contributed by atoms with Gasteiger partial charge in [0.05, 0.1) is 12.1 Å². The van der Waals surface area contributed by atoms with Crippen LogP contribution in [-0.4, -0.2) is 31.5 Å². The molecule has 0 aliphatic carbocycles. The molecule has 4 aromatic rings. The van der Waals surface area contributed by atoms with Crippen LogP contribution in [0.5, 0.6) is 0 Å². The lowest BCUT2D eigenvalue weighted by Crippen LogP contribution is -2.20. The molecular weight excluding hydrogens is 452 g/mol. The maximum absolute atomic E-state index is 13.5. The van der Waals surface area contributed by atoms with E-state index in [0.29, 0.717) is 33.3 Å². The van der Waals surface area contributed by atoms with Crippen molar-refractivity contribution in [1.82, 2.24) is 9.97 Å². The summed E-state index contributed by atoms with van der Waals surface area (Å²) in [4.78, 5) is 31.9. The van der Waals surface area contributed by atoms with Crippen molar-refractivity contribution < 1.29 is 19.2 Å². The molecule has 0 saturated carbocycles. The zero-order valence-electron chi connectivity index (χ0n) is 18.0. The van der Waals surface area contributed by atoms with E-state index in [1.807, 2.05) is 6.07 Å². The van der Waals surface area contributed by atoms with Crippen molar-refractivity contribution in [3.63, 3.8) is 0 Å². The molecule has 9 heteroatoms. The number of nitrogens with zero attached hydrogens (tertiary/aromatic N) is 1. The number of aromatic nitrogens is 2. The highest BCUT2D eigenvalue weighted by molar-refractivity contribution is 7.91. The lowest BCUT2D eigenvalue weighted by Gasteiger charge is -2.22. The Morgan fingerprint density at radius 3 is 2.53 bits per heavy atom. The number of para-hydroxylation sites is 1. The van der Waals surface area contributed by atoms with Crippen LogP contribution in [0, 0.1) is 0 Å². The first kappa shape index (κ1) is 23.1. The molecule has 3 aromatic carbocycles. The van der Waals surface area contributed by atoms with Gasteiger partial charge in [0.15, 0.2) is 10.1 Å². The SMILES string of the molecule is O=C(O)CC(c1ccccc1)[S+]([O-])c1ccccc1NC(=O)c1cccc(Nc2ncc[nH]2)c1. The number of H-pyrrole nitrogens is 1. The number of carboxylic acids is 1. The number of amides is 1. The number of carboxylic acid groups (broad SMARTS) is 1. The minimum atomic E-state index is -1.72. The summed E-state index contributed by atoms with van der Waals surface area (Å²) in [5.74, 6) is -0.893. The predicted octanol–water partition coefficient (Wildman–Crippen LogP) is 4.73. The van der Waals surface area contributed by atoms with E-state index in [2.05, 4.69) is 20.6 Å². The van der Waals surface area contributed by atoms with E-state index in [9.17, 15) is 19.2 Å². The van der Waals surface area contributed by atoms with Crippen molar-refractivity contribution >= 4 is 40.4 Å². The highest BCUT2D eigenvalue weighted by atomic mass is 32.2. The molecule has 0 bridgehead atoms. The Morgan fingerprint density at radius 2 is 1.79 bits per heavy atom. The topological polar surface area (TPSA) is 130 Å². The standard InChI is InChI=1S/C25H22N4O4S/c30-23(31)16-22(17-7-2-1-3-8-17)34(33)21-12-5-4-11-20(21)29-24(32)18-9-6-10-19(15-18)28-25-26-13-14-27-25/h1-15,22H,16H2,(H,29,32)(H,30,31)(H2,26,27,28). The number of carbonyl (C=O) groups excluding carboxylic acids is 1. The van der Waals surface area contributed by atoms with Gasteiger partial charge in [0.25, 0.3) is 5.91 Å². The summed E-state index contributed by atoms with van der Waals surface area (Å²) in [6.45, 7) is 0. The molecule has 34 heavy (non-hydrogen) atoms. The average molecular weight is 475 g/mol. The minimum Gasteiger partial charge on any atom is -0.611 e. The molecule has 4 rings (SSSR count). The quantitative estimate of drug-likeness (QED) is 0.260. The van der Waals surface area contributed by atoms with Crippen LogP contribution in [-0.2, 0) is 16.0 Å². The summed E-state index contributed by atoms with van der Waals surface area (Å²) in [5.41, 5.74) is 2.08. The molecule has 1 amide bonds. The maximum Gasteiger partial charge on any atom is 0.308 e. The molecule has 2 atom stereocenters. The number of nitrogens with one attached hydrogen (secondary N) is 3. The lowest BCUT2D eigenvalue weighted by molar-refractivity contribution is -0.137. The average Bonchev–Trinajstić information content (AvgIpc) is 3.36. The molecule has 1 heterocycles. The molecular formula is C25H22N4O4S. The summed E-state index contributed by atoms with van der Waals surface area (Å²) >= 11 is -1.72. The number of aromatic amines is 1. The first-order valence-corrected chi connectivity index (χ1v) is 11.7. The van der Waals surface area contributed by atoms with Crippen LogP contribution < -0.4 is 10.6 Å². The largest absolute Gasteiger partial charge is 0.611 e. The van der Waals surface area contributed by atoms with Gasteiger partial charge in [-0.1, -0.05) is 48.5 Å². The predicted molar refractivity (Wildman–Crippen MR) is 131 cm³/mol. The van der Waals surface area contributed by atoms with Crippen LogP contribution in [0.4, 0.5) is 17.3 Å². The van der Waals surface area contributed by atoms with Crippen LogP contribution in [0.25, 0.3) is 0 Å². The van der Waals surface area contributed by atoms with E-state index in [1.165, 1.54) is 0 Å². The monoisotopic (exact) mass is 474 g/mol. The third-order valence-electron chi connectivity index (χ3n) is 5.03. The second kappa shape index (κ2) is 10.7. The van der Waals surface area contributed by atoms with E-state index < -0.39 is 22.4 Å². The van der Waals surface area contributed by atoms with Gasteiger partial charge in [-0.05, 0) is 41.5 Å². The summed E-state index contributed by atoms with van der Waals surface area (Å²) < 4.78 is 13.5. The second-order valence-corrected chi connectivity index (χ2v) is 8.99. The molecule has 0 aliphatic rings. The van der Waals surface area contributed by atoms with Crippen LogP contribution in [0.2, 0.25) is 0 Å². The highest BCUT2D eigenvalue weighted by Crippen LogP contribution is 2.35. The molecule has 1 aromatic heterocycles. The minimum absolute atomic E-state index is 0.306. The van der Waals surface area contributed by atoms with Crippen LogP contribution >= 0.6 is 0 Å². The van der Waals surface area contributed by atoms with Crippen LogP contribution in [0.1, 0.15) is 27.6 Å². The van der Waals surface area contributed by atoms with Gasteiger partial charge in [-0.3, -0.25) is 9.59 Å². The molecule has 4 N–H and O–H groups in total. The number of aliphatic carboxylic acids is 1. The molecule has 0 fully saturated rings. The third kappa shape index (κ3) is 5.64. The van der Waals surface area contributed by atoms with Gasteiger partial charge in [0, 0.05) is 29.2 Å². The lowest BCUT2D eigenvalue weighted by atomic mass is 10.1. The van der Waals surface area contributed by atoms with Crippen molar-refractivity contribution in [2.24, 2.45) is 0 Å². The molecule has 0 radical (unpaired) electrons. The summed E-state index contributed by atoms with van der Waals surface area (Å²) in [7, 11) is 0.